The molecule has 0 saturated carbocycles. The Morgan fingerprint density at radius 1 is 1.50 bits per heavy atom. The van der Waals surface area contributed by atoms with E-state index in [2.05, 4.69) is 10.3 Å². The molecule has 0 unspecified atom stereocenters. The number of aliphatic carboxylic acids is 1. The van der Waals surface area contributed by atoms with E-state index in [0.717, 1.165) is 0 Å². The summed E-state index contributed by atoms with van der Waals surface area (Å²) in [6.07, 6.45) is 1.25. The lowest BCUT2D eigenvalue weighted by Gasteiger charge is -2.20. The van der Waals surface area contributed by atoms with E-state index in [4.69, 9.17) is 5.11 Å². The fraction of sp³-hybridized carbons (Fsp3) is 0.571. The predicted molar refractivity (Wildman–Crippen MR) is 81.7 cm³/mol. The molecular weight excluding hydrogens is 306 g/mol. The number of nitrogens with zero attached hydrogens (tertiary/aromatic N) is 2. The number of carboxylic acids is 1. The average Bonchev–Trinajstić information content (AvgIpc) is 3.07. The first kappa shape index (κ1) is 16.4. The number of rotatable bonds is 5. The van der Waals surface area contributed by atoms with Gasteiger partial charge in [0.15, 0.2) is 5.13 Å². The lowest BCUT2D eigenvalue weighted by atomic mass is 10.2. The fourth-order valence-electron chi connectivity index (χ4n) is 2.27. The van der Waals surface area contributed by atoms with Crippen LogP contribution in [0, 0.1) is 5.92 Å². The molecule has 1 saturated heterocycles. The van der Waals surface area contributed by atoms with Crippen LogP contribution >= 0.6 is 11.3 Å². The molecule has 0 bridgehead atoms. The van der Waals surface area contributed by atoms with Crippen molar-refractivity contribution in [3.05, 3.63) is 11.1 Å². The van der Waals surface area contributed by atoms with Crippen LogP contribution in [0.5, 0.6) is 0 Å². The topological polar surface area (TPSA) is 99.6 Å². The number of anilines is 1. The Kier molecular flexibility index (Phi) is 5.12. The smallest absolute Gasteiger partial charge is 0.326 e. The van der Waals surface area contributed by atoms with Crippen LogP contribution in [0.4, 0.5) is 5.13 Å². The number of thiazole rings is 1. The van der Waals surface area contributed by atoms with Gasteiger partial charge in [-0.05, 0) is 12.8 Å². The van der Waals surface area contributed by atoms with Crippen molar-refractivity contribution in [1.29, 1.82) is 0 Å². The number of hydrogen-bond donors (Lipinski definition) is 2. The second-order valence-electron chi connectivity index (χ2n) is 5.55. The molecule has 7 nitrogen and oxygen atoms in total. The van der Waals surface area contributed by atoms with Gasteiger partial charge in [0.1, 0.15) is 6.04 Å². The number of aromatic nitrogens is 1. The lowest BCUT2D eigenvalue weighted by Crippen LogP contribution is -2.41. The van der Waals surface area contributed by atoms with E-state index in [-0.39, 0.29) is 24.2 Å². The maximum Gasteiger partial charge on any atom is 0.326 e. The summed E-state index contributed by atoms with van der Waals surface area (Å²) in [6.45, 7) is 4.04. The molecule has 22 heavy (non-hydrogen) atoms. The lowest BCUT2D eigenvalue weighted by molar-refractivity contribution is -0.148. The van der Waals surface area contributed by atoms with E-state index in [0.29, 0.717) is 30.2 Å². The Balaban J connectivity index is 1.96. The number of amides is 2. The van der Waals surface area contributed by atoms with Gasteiger partial charge in [-0.25, -0.2) is 9.78 Å². The first-order chi connectivity index (χ1) is 10.4. The molecule has 1 atom stereocenters. The van der Waals surface area contributed by atoms with Gasteiger partial charge in [0.25, 0.3) is 0 Å². The zero-order chi connectivity index (χ0) is 16.3. The summed E-state index contributed by atoms with van der Waals surface area (Å²) in [4.78, 5) is 40.5. The van der Waals surface area contributed by atoms with E-state index in [1.807, 2.05) is 0 Å². The number of carbonyl (C=O) groups excluding carboxylic acids is 2. The Hall–Kier alpha value is -1.96. The van der Waals surface area contributed by atoms with Crippen LogP contribution in [0.2, 0.25) is 0 Å². The van der Waals surface area contributed by atoms with Crippen LogP contribution in [0.1, 0.15) is 32.4 Å². The maximum absolute atomic E-state index is 12.2. The van der Waals surface area contributed by atoms with Crippen LogP contribution in [-0.4, -0.2) is 45.4 Å². The van der Waals surface area contributed by atoms with Gasteiger partial charge < -0.3 is 15.3 Å². The Labute approximate surface area is 132 Å². The number of carboxylic acid groups (broad SMARTS) is 1. The van der Waals surface area contributed by atoms with Crippen molar-refractivity contribution >= 4 is 34.3 Å². The minimum atomic E-state index is -0.964. The second kappa shape index (κ2) is 6.87. The first-order valence-electron chi connectivity index (χ1n) is 7.16. The van der Waals surface area contributed by atoms with Gasteiger partial charge in [0, 0.05) is 17.8 Å². The molecule has 1 aliphatic heterocycles. The van der Waals surface area contributed by atoms with E-state index in [9.17, 15) is 14.4 Å². The standard InChI is InChI=1S/C14H19N3O4S/c1-8(2)12(19)16-14-15-9(7-22-14)6-11(18)17-5-3-4-10(17)13(20)21/h7-8,10H,3-6H2,1-2H3,(H,20,21)(H,15,16,19)/t10-/m0/s1. The zero-order valence-corrected chi connectivity index (χ0v) is 13.4. The van der Waals surface area contributed by atoms with E-state index < -0.39 is 12.0 Å². The molecule has 2 heterocycles. The molecule has 0 aromatic carbocycles. The molecule has 0 spiro atoms. The zero-order valence-electron chi connectivity index (χ0n) is 12.5. The molecule has 2 N–H and O–H groups in total. The van der Waals surface area contributed by atoms with Crippen LogP contribution in [0.3, 0.4) is 0 Å². The van der Waals surface area contributed by atoms with E-state index in [1.165, 1.54) is 16.2 Å². The molecule has 2 amide bonds. The highest BCUT2D eigenvalue weighted by Gasteiger charge is 2.33. The predicted octanol–water partition coefficient (Wildman–Crippen LogP) is 1.36. The van der Waals surface area contributed by atoms with Crippen molar-refractivity contribution in [2.45, 2.75) is 39.2 Å². The van der Waals surface area contributed by atoms with E-state index in [1.54, 1.807) is 19.2 Å². The van der Waals surface area contributed by atoms with Gasteiger partial charge in [-0.3, -0.25) is 9.59 Å². The van der Waals surface area contributed by atoms with Gasteiger partial charge in [-0.2, -0.15) is 0 Å². The Morgan fingerprint density at radius 2 is 2.23 bits per heavy atom. The minimum absolute atomic E-state index is 0.0534. The van der Waals surface area contributed by atoms with Crippen molar-refractivity contribution in [3.63, 3.8) is 0 Å². The summed E-state index contributed by atoms with van der Waals surface area (Å²) in [5.74, 6) is -1.47. The van der Waals surface area contributed by atoms with Gasteiger partial charge in [0.05, 0.1) is 12.1 Å². The molecule has 1 aliphatic rings. The van der Waals surface area contributed by atoms with Crippen LogP contribution in [0.25, 0.3) is 0 Å². The number of likely N-dealkylation sites (tertiary alicyclic amines) is 1. The molecule has 1 fully saturated rings. The van der Waals surface area contributed by atoms with Crippen molar-refractivity contribution < 1.29 is 19.5 Å². The summed E-state index contributed by atoms with van der Waals surface area (Å²) in [5.41, 5.74) is 0.546. The Bertz CT molecular complexity index is 584. The highest BCUT2D eigenvalue weighted by molar-refractivity contribution is 7.13. The van der Waals surface area contributed by atoms with Crippen LogP contribution in [0.15, 0.2) is 5.38 Å². The maximum atomic E-state index is 12.2. The highest BCUT2D eigenvalue weighted by atomic mass is 32.1. The van der Waals surface area contributed by atoms with Crippen LogP contribution < -0.4 is 5.32 Å². The first-order valence-corrected chi connectivity index (χ1v) is 8.04. The summed E-state index contributed by atoms with van der Waals surface area (Å²) in [7, 11) is 0. The van der Waals surface area contributed by atoms with Gasteiger partial charge in [-0.15, -0.1) is 11.3 Å². The van der Waals surface area contributed by atoms with E-state index >= 15 is 0 Å². The minimum Gasteiger partial charge on any atom is -0.480 e. The number of carbonyl (C=O) groups is 3. The Morgan fingerprint density at radius 3 is 2.86 bits per heavy atom. The average molecular weight is 325 g/mol. The van der Waals surface area contributed by atoms with Crippen molar-refractivity contribution in [3.8, 4) is 0 Å². The third kappa shape index (κ3) is 3.82. The monoisotopic (exact) mass is 325 g/mol. The van der Waals surface area contributed by atoms with Gasteiger partial charge >= 0.3 is 5.97 Å². The number of hydrogen-bond acceptors (Lipinski definition) is 5. The van der Waals surface area contributed by atoms with Crippen molar-refractivity contribution in [1.82, 2.24) is 9.88 Å². The van der Waals surface area contributed by atoms with Crippen molar-refractivity contribution in [2.24, 2.45) is 5.92 Å². The normalized spacial score (nSPS) is 17.8. The van der Waals surface area contributed by atoms with Crippen molar-refractivity contribution in [2.75, 3.05) is 11.9 Å². The molecule has 8 heteroatoms. The van der Waals surface area contributed by atoms with Crippen LogP contribution in [-0.2, 0) is 20.8 Å². The molecule has 0 radical (unpaired) electrons. The third-order valence-corrected chi connectivity index (χ3v) is 4.30. The summed E-state index contributed by atoms with van der Waals surface area (Å²) in [6, 6.07) is -0.730. The fourth-order valence-corrected chi connectivity index (χ4v) is 2.99. The SMILES string of the molecule is CC(C)C(=O)Nc1nc(CC(=O)N2CCC[C@H]2C(=O)O)cs1. The second-order valence-corrected chi connectivity index (χ2v) is 6.41. The molecule has 120 valence electrons. The van der Waals surface area contributed by atoms with Gasteiger partial charge in [-0.1, -0.05) is 13.8 Å². The third-order valence-electron chi connectivity index (χ3n) is 3.50. The quantitative estimate of drug-likeness (QED) is 0.851. The summed E-state index contributed by atoms with van der Waals surface area (Å²) >= 11 is 1.26. The van der Waals surface area contributed by atoms with Gasteiger partial charge in [0.2, 0.25) is 11.8 Å². The number of nitrogens with one attached hydrogen (secondary N) is 1. The molecular formula is C14H19N3O4S. The molecule has 2 rings (SSSR count). The molecule has 0 aliphatic carbocycles. The summed E-state index contributed by atoms with van der Waals surface area (Å²) < 4.78 is 0. The molecule has 1 aromatic heterocycles. The molecule has 1 aromatic rings. The summed E-state index contributed by atoms with van der Waals surface area (Å²) in [5, 5.41) is 13.9. The largest absolute Gasteiger partial charge is 0.480 e. The highest BCUT2D eigenvalue weighted by Crippen LogP contribution is 2.21.